The fourth-order valence-electron chi connectivity index (χ4n) is 3.44. The number of benzene rings is 3. The van der Waals surface area contributed by atoms with Crippen LogP contribution in [0.25, 0.3) is 27.9 Å². The van der Waals surface area contributed by atoms with Gasteiger partial charge in [0.25, 0.3) is 5.91 Å². The molecule has 6 heteroatoms. The number of aromatic nitrogens is 3. The van der Waals surface area contributed by atoms with Crippen molar-refractivity contribution in [1.29, 1.82) is 0 Å². The number of nitrogens with zero attached hydrogens (tertiary/aromatic N) is 3. The van der Waals surface area contributed by atoms with Crippen molar-refractivity contribution in [3.63, 3.8) is 0 Å². The molecule has 0 spiro atoms. The second-order valence-corrected chi connectivity index (χ2v) is 6.64. The Morgan fingerprint density at radius 2 is 1.38 bits per heavy atom. The maximum absolute atomic E-state index is 13.2. The quantitative estimate of drug-likeness (QED) is 0.486. The smallest absolute Gasteiger partial charge is 0.261 e. The molecule has 2 aromatic heterocycles. The van der Waals surface area contributed by atoms with Crippen molar-refractivity contribution < 1.29 is 4.79 Å². The Balaban J connectivity index is 1.77. The van der Waals surface area contributed by atoms with E-state index in [0.717, 1.165) is 11.2 Å². The summed E-state index contributed by atoms with van der Waals surface area (Å²) in [6.07, 6.45) is 0. The van der Waals surface area contributed by atoms with Gasteiger partial charge in [0, 0.05) is 11.4 Å². The van der Waals surface area contributed by atoms with Crippen molar-refractivity contribution in [2.75, 3.05) is 11.1 Å². The standard InChI is InChI=1S/C23H17N5O/c24-21-19(23(29)25-15-9-3-1-4-10-15)20-22(28(21)16-11-5-2-6-12-16)27-18-14-8-7-13-17(18)26-20/h1-14H,24H2,(H,25,29). The van der Waals surface area contributed by atoms with E-state index in [1.165, 1.54) is 0 Å². The largest absolute Gasteiger partial charge is 0.384 e. The molecule has 0 radical (unpaired) electrons. The summed E-state index contributed by atoms with van der Waals surface area (Å²) in [6.45, 7) is 0. The SMILES string of the molecule is Nc1c(C(=O)Nc2ccccc2)c2nc3ccccc3nc2n1-c1ccccc1. The first-order valence-corrected chi connectivity index (χ1v) is 9.21. The number of carbonyl (C=O) groups excluding carboxylic acids is 1. The minimum absolute atomic E-state index is 0.301. The molecular weight excluding hydrogens is 362 g/mol. The molecule has 0 saturated heterocycles. The number of para-hydroxylation sites is 4. The summed E-state index contributed by atoms with van der Waals surface area (Å²) >= 11 is 0. The second-order valence-electron chi connectivity index (χ2n) is 6.64. The lowest BCUT2D eigenvalue weighted by Crippen LogP contribution is -2.14. The van der Waals surface area contributed by atoms with Crippen LogP contribution in [0.5, 0.6) is 0 Å². The van der Waals surface area contributed by atoms with Crippen LogP contribution in [-0.2, 0) is 0 Å². The van der Waals surface area contributed by atoms with E-state index >= 15 is 0 Å². The predicted octanol–water partition coefficient (Wildman–Crippen LogP) is 4.41. The molecule has 0 atom stereocenters. The first kappa shape index (κ1) is 16.9. The Morgan fingerprint density at radius 3 is 2.07 bits per heavy atom. The average molecular weight is 379 g/mol. The number of nitrogen functional groups attached to an aromatic ring is 1. The second kappa shape index (κ2) is 6.76. The van der Waals surface area contributed by atoms with E-state index in [-0.39, 0.29) is 5.91 Å². The summed E-state index contributed by atoms with van der Waals surface area (Å²) in [5, 5.41) is 2.90. The zero-order chi connectivity index (χ0) is 19.8. The van der Waals surface area contributed by atoms with E-state index in [2.05, 4.69) is 5.32 Å². The highest BCUT2D eigenvalue weighted by Gasteiger charge is 2.24. The van der Waals surface area contributed by atoms with E-state index < -0.39 is 0 Å². The van der Waals surface area contributed by atoms with Crippen LogP contribution in [0.3, 0.4) is 0 Å². The van der Waals surface area contributed by atoms with Crippen molar-refractivity contribution in [2.24, 2.45) is 0 Å². The molecule has 6 nitrogen and oxygen atoms in total. The van der Waals surface area contributed by atoms with Crippen LogP contribution in [0, 0.1) is 0 Å². The lowest BCUT2D eigenvalue weighted by atomic mass is 10.2. The van der Waals surface area contributed by atoms with Gasteiger partial charge in [-0.1, -0.05) is 48.5 Å². The van der Waals surface area contributed by atoms with Crippen LogP contribution >= 0.6 is 0 Å². The molecule has 0 unspecified atom stereocenters. The Kier molecular flexibility index (Phi) is 3.95. The zero-order valence-electron chi connectivity index (χ0n) is 15.4. The van der Waals surface area contributed by atoms with Crippen LogP contribution in [0.1, 0.15) is 10.4 Å². The summed E-state index contributed by atoms with van der Waals surface area (Å²) in [5.74, 6) is -0.0205. The van der Waals surface area contributed by atoms with Crippen LogP contribution in [0.15, 0.2) is 84.9 Å². The maximum Gasteiger partial charge on any atom is 0.261 e. The molecule has 0 fully saturated rings. The molecular formula is C23H17N5O. The Labute approximate surface area is 166 Å². The minimum Gasteiger partial charge on any atom is -0.384 e. The summed E-state index contributed by atoms with van der Waals surface area (Å²) in [4.78, 5) is 22.6. The molecule has 3 N–H and O–H groups in total. The first-order valence-electron chi connectivity index (χ1n) is 9.21. The molecule has 0 aliphatic heterocycles. The van der Waals surface area contributed by atoms with Gasteiger partial charge < -0.3 is 11.1 Å². The van der Waals surface area contributed by atoms with Gasteiger partial charge in [-0.2, -0.15) is 0 Å². The predicted molar refractivity (Wildman–Crippen MR) is 115 cm³/mol. The van der Waals surface area contributed by atoms with Crippen LogP contribution < -0.4 is 11.1 Å². The fourth-order valence-corrected chi connectivity index (χ4v) is 3.44. The van der Waals surface area contributed by atoms with Gasteiger partial charge >= 0.3 is 0 Å². The Hall–Kier alpha value is -4.19. The van der Waals surface area contributed by atoms with Crippen LogP contribution in [-0.4, -0.2) is 20.4 Å². The highest BCUT2D eigenvalue weighted by Crippen LogP contribution is 2.31. The van der Waals surface area contributed by atoms with E-state index in [0.29, 0.717) is 33.7 Å². The molecule has 0 bridgehead atoms. The normalized spacial score (nSPS) is 11.0. The van der Waals surface area contributed by atoms with Crippen molar-refractivity contribution in [3.05, 3.63) is 90.5 Å². The van der Waals surface area contributed by atoms with Gasteiger partial charge in [-0.3, -0.25) is 9.36 Å². The van der Waals surface area contributed by atoms with Crippen molar-refractivity contribution in [2.45, 2.75) is 0 Å². The molecule has 1 amide bonds. The number of anilines is 2. The summed E-state index contributed by atoms with van der Waals surface area (Å²) in [6, 6.07) is 26.4. The van der Waals surface area contributed by atoms with Gasteiger partial charge in [0.2, 0.25) is 0 Å². The van der Waals surface area contributed by atoms with Crippen molar-refractivity contribution in [1.82, 2.24) is 14.5 Å². The van der Waals surface area contributed by atoms with Crippen LogP contribution in [0.4, 0.5) is 11.5 Å². The molecule has 5 aromatic rings. The van der Waals surface area contributed by atoms with E-state index in [9.17, 15) is 4.79 Å². The number of rotatable bonds is 3. The highest BCUT2D eigenvalue weighted by atomic mass is 16.1. The van der Waals surface area contributed by atoms with Gasteiger partial charge in [-0.05, 0) is 36.4 Å². The summed E-state index contributed by atoms with van der Waals surface area (Å²) < 4.78 is 1.77. The number of hydrogen-bond donors (Lipinski definition) is 2. The first-order chi connectivity index (χ1) is 14.2. The number of hydrogen-bond acceptors (Lipinski definition) is 4. The molecule has 29 heavy (non-hydrogen) atoms. The molecule has 140 valence electrons. The highest BCUT2D eigenvalue weighted by molar-refractivity contribution is 6.16. The molecule has 0 saturated carbocycles. The summed E-state index contributed by atoms with van der Waals surface area (Å²) in [5.41, 5.74) is 10.8. The van der Waals surface area contributed by atoms with Gasteiger partial charge in [0.15, 0.2) is 5.65 Å². The maximum atomic E-state index is 13.2. The van der Waals surface area contributed by atoms with Crippen molar-refractivity contribution >= 4 is 39.6 Å². The third-order valence-electron chi connectivity index (χ3n) is 4.77. The molecule has 0 aliphatic rings. The number of carbonyl (C=O) groups is 1. The zero-order valence-corrected chi connectivity index (χ0v) is 15.4. The number of nitrogens with two attached hydrogens (primary N) is 1. The molecule has 2 heterocycles. The number of fused-ring (bicyclic) bond motifs is 2. The average Bonchev–Trinajstić information content (AvgIpc) is 3.04. The lowest BCUT2D eigenvalue weighted by molar-refractivity contribution is 0.102. The molecule has 5 rings (SSSR count). The van der Waals surface area contributed by atoms with Crippen molar-refractivity contribution in [3.8, 4) is 5.69 Å². The monoisotopic (exact) mass is 379 g/mol. The van der Waals surface area contributed by atoms with E-state index in [1.54, 1.807) is 4.57 Å². The van der Waals surface area contributed by atoms with Gasteiger partial charge in [-0.25, -0.2) is 9.97 Å². The molecule has 0 aliphatic carbocycles. The molecule has 3 aromatic carbocycles. The number of nitrogens with one attached hydrogen (secondary N) is 1. The van der Waals surface area contributed by atoms with E-state index in [4.69, 9.17) is 15.7 Å². The lowest BCUT2D eigenvalue weighted by Gasteiger charge is -2.08. The number of amides is 1. The Bertz CT molecular complexity index is 1340. The fraction of sp³-hybridized carbons (Fsp3) is 0. The van der Waals surface area contributed by atoms with Gasteiger partial charge in [0.05, 0.1) is 11.0 Å². The minimum atomic E-state index is -0.321. The van der Waals surface area contributed by atoms with Gasteiger partial charge in [-0.15, -0.1) is 0 Å². The third-order valence-corrected chi connectivity index (χ3v) is 4.77. The van der Waals surface area contributed by atoms with Crippen LogP contribution in [0.2, 0.25) is 0 Å². The summed E-state index contributed by atoms with van der Waals surface area (Å²) in [7, 11) is 0. The Morgan fingerprint density at radius 1 is 0.793 bits per heavy atom. The van der Waals surface area contributed by atoms with Gasteiger partial charge in [0.1, 0.15) is 16.9 Å². The third kappa shape index (κ3) is 2.87. The van der Waals surface area contributed by atoms with E-state index in [1.807, 2.05) is 84.9 Å². The topological polar surface area (TPSA) is 85.8 Å².